The highest BCUT2D eigenvalue weighted by Crippen LogP contribution is 2.11. The Kier molecular flexibility index (Phi) is 5.16. The minimum absolute atomic E-state index is 0.145. The monoisotopic (exact) mass is 236 g/mol. The van der Waals surface area contributed by atoms with Gasteiger partial charge in [0.05, 0.1) is 19.2 Å². The number of carbonyl (C=O) groups excluding carboxylic acids is 2. The van der Waals surface area contributed by atoms with E-state index >= 15 is 0 Å². The molecule has 0 saturated heterocycles. The Labute approximate surface area is 100 Å². The molecule has 0 unspecified atom stereocenters. The first-order valence-corrected chi connectivity index (χ1v) is 5.36. The molecule has 0 aliphatic heterocycles. The minimum atomic E-state index is -0.423. The van der Waals surface area contributed by atoms with E-state index in [1.165, 1.54) is 7.11 Å². The highest BCUT2D eigenvalue weighted by Gasteiger charge is 2.07. The van der Waals surface area contributed by atoms with Gasteiger partial charge in [-0.15, -0.1) is 0 Å². The summed E-state index contributed by atoms with van der Waals surface area (Å²) in [6.07, 6.45) is 0. The van der Waals surface area contributed by atoms with Crippen LogP contribution in [0.4, 0.5) is 5.69 Å². The maximum Gasteiger partial charge on any atom is 0.337 e. The molecule has 1 aromatic rings. The molecule has 1 aromatic carbocycles. The fourth-order valence-corrected chi connectivity index (χ4v) is 1.29. The van der Waals surface area contributed by atoms with E-state index in [9.17, 15) is 9.59 Å². The van der Waals surface area contributed by atoms with Gasteiger partial charge in [-0.1, -0.05) is 13.0 Å². The fraction of sp³-hybridized carbons (Fsp3) is 0.333. The van der Waals surface area contributed by atoms with E-state index in [4.69, 9.17) is 0 Å². The number of esters is 1. The topological polar surface area (TPSA) is 67.4 Å². The summed E-state index contributed by atoms with van der Waals surface area (Å²) in [7, 11) is 1.32. The summed E-state index contributed by atoms with van der Waals surface area (Å²) in [5.74, 6) is -0.568. The SMILES string of the molecule is CCNCC(=O)Nc1cccc(C(=O)OC)c1. The molecule has 0 aromatic heterocycles. The summed E-state index contributed by atoms with van der Waals surface area (Å²) in [6.45, 7) is 2.90. The minimum Gasteiger partial charge on any atom is -0.465 e. The molecule has 5 heteroatoms. The van der Waals surface area contributed by atoms with Crippen molar-refractivity contribution in [1.82, 2.24) is 5.32 Å². The number of amides is 1. The standard InChI is InChI=1S/C12H16N2O3/c1-3-13-8-11(15)14-10-6-4-5-9(7-10)12(16)17-2/h4-7,13H,3,8H2,1-2H3,(H,14,15). The normalized spacial score (nSPS) is 9.76. The number of likely N-dealkylation sites (N-methyl/N-ethyl adjacent to an activating group) is 1. The van der Waals surface area contributed by atoms with Gasteiger partial charge in [-0.05, 0) is 24.7 Å². The second-order valence-electron chi connectivity index (χ2n) is 3.40. The van der Waals surface area contributed by atoms with Gasteiger partial charge in [0.1, 0.15) is 0 Å². The van der Waals surface area contributed by atoms with Crippen molar-refractivity contribution >= 4 is 17.6 Å². The van der Waals surface area contributed by atoms with Crippen molar-refractivity contribution in [3.8, 4) is 0 Å². The molecule has 0 saturated carbocycles. The van der Waals surface area contributed by atoms with Gasteiger partial charge in [0.25, 0.3) is 0 Å². The summed E-state index contributed by atoms with van der Waals surface area (Å²) in [6, 6.07) is 6.62. The van der Waals surface area contributed by atoms with E-state index in [1.54, 1.807) is 24.3 Å². The molecule has 0 aliphatic carbocycles. The Balaban J connectivity index is 2.65. The predicted molar refractivity (Wildman–Crippen MR) is 65.0 cm³/mol. The number of carbonyl (C=O) groups is 2. The van der Waals surface area contributed by atoms with Crippen LogP contribution in [0.25, 0.3) is 0 Å². The van der Waals surface area contributed by atoms with Crippen LogP contribution in [-0.2, 0) is 9.53 Å². The predicted octanol–water partition coefficient (Wildman–Crippen LogP) is 1.02. The zero-order valence-electron chi connectivity index (χ0n) is 9.95. The lowest BCUT2D eigenvalue weighted by Crippen LogP contribution is -2.27. The average Bonchev–Trinajstić information content (AvgIpc) is 2.35. The molecule has 1 rings (SSSR count). The maximum atomic E-state index is 11.4. The van der Waals surface area contributed by atoms with Crippen LogP contribution in [0.5, 0.6) is 0 Å². The smallest absolute Gasteiger partial charge is 0.337 e. The van der Waals surface area contributed by atoms with Gasteiger partial charge in [-0.25, -0.2) is 4.79 Å². The second-order valence-corrected chi connectivity index (χ2v) is 3.40. The lowest BCUT2D eigenvalue weighted by Gasteiger charge is -2.06. The number of benzene rings is 1. The van der Waals surface area contributed by atoms with Crippen LogP contribution >= 0.6 is 0 Å². The van der Waals surface area contributed by atoms with E-state index in [-0.39, 0.29) is 12.5 Å². The number of anilines is 1. The molecule has 0 heterocycles. The van der Waals surface area contributed by atoms with Crippen molar-refractivity contribution < 1.29 is 14.3 Å². The van der Waals surface area contributed by atoms with Gasteiger partial charge >= 0.3 is 5.97 Å². The molecule has 1 amide bonds. The van der Waals surface area contributed by atoms with Crippen LogP contribution in [0.2, 0.25) is 0 Å². The molecule has 5 nitrogen and oxygen atoms in total. The first kappa shape index (κ1) is 13.2. The summed E-state index contributed by atoms with van der Waals surface area (Å²) >= 11 is 0. The van der Waals surface area contributed by atoms with Crippen molar-refractivity contribution in [3.63, 3.8) is 0 Å². The number of hydrogen-bond donors (Lipinski definition) is 2. The largest absolute Gasteiger partial charge is 0.465 e. The van der Waals surface area contributed by atoms with Gasteiger partial charge in [0.2, 0.25) is 5.91 Å². The zero-order chi connectivity index (χ0) is 12.7. The number of nitrogens with one attached hydrogen (secondary N) is 2. The Morgan fingerprint density at radius 1 is 1.35 bits per heavy atom. The Morgan fingerprint density at radius 3 is 2.76 bits per heavy atom. The molecule has 92 valence electrons. The van der Waals surface area contributed by atoms with Gasteiger partial charge in [-0.3, -0.25) is 4.79 Å². The van der Waals surface area contributed by atoms with Crippen LogP contribution in [0.1, 0.15) is 17.3 Å². The molecule has 0 bridgehead atoms. The summed E-state index contributed by atoms with van der Waals surface area (Å²) in [5.41, 5.74) is 0.990. The molecule has 17 heavy (non-hydrogen) atoms. The van der Waals surface area contributed by atoms with Gasteiger partial charge in [-0.2, -0.15) is 0 Å². The Hall–Kier alpha value is -1.88. The van der Waals surface area contributed by atoms with E-state index in [1.807, 2.05) is 6.92 Å². The van der Waals surface area contributed by atoms with Crippen LogP contribution < -0.4 is 10.6 Å². The van der Waals surface area contributed by atoms with E-state index in [0.717, 1.165) is 6.54 Å². The van der Waals surface area contributed by atoms with Crippen molar-refractivity contribution in [2.75, 3.05) is 25.5 Å². The van der Waals surface area contributed by atoms with Crippen molar-refractivity contribution in [2.24, 2.45) is 0 Å². The molecule has 0 radical (unpaired) electrons. The third-order valence-electron chi connectivity index (χ3n) is 2.10. The van der Waals surface area contributed by atoms with Crippen molar-refractivity contribution in [2.45, 2.75) is 6.92 Å². The van der Waals surface area contributed by atoms with Crippen LogP contribution in [-0.4, -0.2) is 32.1 Å². The first-order valence-electron chi connectivity index (χ1n) is 5.36. The fourth-order valence-electron chi connectivity index (χ4n) is 1.29. The van der Waals surface area contributed by atoms with Crippen LogP contribution in [0.15, 0.2) is 24.3 Å². The highest BCUT2D eigenvalue weighted by molar-refractivity contribution is 5.95. The van der Waals surface area contributed by atoms with Gasteiger partial charge < -0.3 is 15.4 Å². The van der Waals surface area contributed by atoms with Crippen LogP contribution in [0.3, 0.4) is 0 Å². The third-order valence-corrected chi connectivity index (χ3v) is 2.10. The van der Waals surface area contributed by atoms with E-state index in [0.29, 0.717) is 11.3 Å². The molecule has 0 fully saturated rings. The Bertz CT molecular complexity index is 404. The number of methoxy groups -OCH3 is 1. The number of ether oxygens (including phenoxy) is 1. The first-order chi connectivity index (χ1) is 8.17. The van der Waals surface area contributed by atoms with Crippen molar-refractivity contribution in [3.05, 3.63) is 29.8 Å². The molecular formula is C12H16N2O3. The quantitative estimate of drug-likeness (QED) is 0.749. The zero-order valence-corrected chi connectivity index (χ0v) is 9.95. The third kappa shape index (κ3) is 4.24. The van der Waals surface area contributed by atoms with Gasteiger partial charge in [0.15, 0.2) is 0 Å². The highest BCUT2D eigenvalue weighted by atomic mass is 16.5. The molecule has 0 atom stereocenters. The molecule has 0 spiro atoms. The number of rotatable bonds is 5. The lowest BCUT2D eigenvalue weighted by atomic mass is 10.2. The van der Waals surface area contributed by atoms with E-state index in [2.05, 4.69) is 15.4 Å². The second kappa shape index (κ2) is 6.65. The maximum absolute atomic E-state index is 11.4. The summed E-state index contributed by atoms with van der Waals surface area (Å²) in [4.78, 5) is 22.7. The van der Waals surface area contributed by atoms with E-state index < -0.39 is 5.97 Å². The molecule has 0 aliphatic rings. The van der Waals surface area contributed by atoms with Crippen molar-refractivity contribution in [1.29, 1.82) is 0 Å². The summed E-state index contributed by atoms with van der Waals surface area (Å²) in [5, 5.41) is 5.60. The van der Waals surface area contributed by atoms with Crippen LogP contribution in [0, 0.1) is 0 Å². The lowest BCUT2D eigenvalue weighted by molar-refractivity contribution is -0.115. The molecular weight excluding hydrogens is 220 g/mol. The molecule has 2 N–H and O–H groups in total. The van der Waals surface area contributed by atoms with Gasteiger partial charge in [0, 0.05) is 5.69 Å². The summed E-state index contributed by atoms with van der Waals surface area (Å²) < 4.78 is 4.60. The Morgan fingerprint density at radius 2 is 2.12 bits per heavy atom. The average molecular weight is 236 g/mol. The number of hydrogen-bond acceptors (Lipinski definition) is 4.